The summed E-state index contributed by atoms with van der Waals surface area (Å²) >= 11 is 0. The summed E-state index contributed by atoms with van der Waals surface area (Å²) < 4.78 is 5.33. The summed E-state index contributed by atoms with van der Waals surface area (Å²) in [5.74, 6) is 0. The molecule has 0 aromatic rings. The van der Waals surface area contributed by atoms with Gasteiger partial charge in [0.1, 0.15) is 0 Å². The molecule has 2 N–H and O–H groups in total. The van der Waals surface area contributed by atoms with Gasteiger partial charge < -0.3 is 15.2 Å². The minimum atomic E-state index is -0.132. The van der Waals surface area contributed by atoms with Crippen molar-refractivity contribution in [3.05, 3.63) is 0 Å². The Morgan fingerprint density at radius 2 is 2.00 bits per heavy atom. The third-order valence-electron chi connectivity index (χ3n) is 3.39. The second kappa shape index (κ2) is 7.20. The van der Waals surface area contributed by atoms with Crippen LogP contribution in [0.2, 0.25) is 0 Å². The van der Waals surface area contributed by atoms with E-state index in [0.29, 0.717) is 12.1 Å². The maximum absolute atomic E-state index is 9.41. The minimum Gasteiger partial charge on any atom is -0.393 e. The zero-order chi connectivity index (χ0) is 11.1. The van der Waals surface area contributed by atoms with E-state index in [9.17, 15) is 5.11 Å². The Balaban J connectivity index is 2.03. The van der Waals surface area contributed by atoms with Gasteiger partial charge in [0.15, 0.2) is 0 Å². The Labute approximate surface area is 93.2 Å². The molecule has 0 saturated heterocycles. The highest BCUT2D eigenvalue weighted by Crippen LogP contribution is 2.20. The van der Waals surface area contributed by atoms with Crippen molar-refractivity contribution in [1.82, 2.24) is 5.32 Å². The number of hydrogen-bond acceptors (Lipinski definition) is 3. The van der Waals surface area contributed by atoms with Crippen molar-refractivity contribution >= 4 is 0 Å². The van der Waals surface area contributed by atoms with E-state index >= 15 is 0 Å². The number of methoxy groups -OCH3 is 1. The Morgan fingerprint density at radius 1 is 1.33 bits per heavy atom. The van der Waals surface area contributed by atoms with E-state index in [1.165, 1.54) is 25.7 Å². The summed E-state index contributed by atoms with van der Waals surface area (Å²) in [6, 6.07) is 0.639. The lowest BCUT2D eigenvalue weighted by atomic mass is 9.93. The van der Waals surface area contributed by atoms with E-state index in [1.54, 1.807) is 7.11 Å². The van der Waals surface area contributed by atoms with Crippen molar-refractivity contribution in [1.29, 1.82) is 0 Å². The summed E-state index contributed by atoms with van der Waals surface area (Å²) in [7, 11) is 1.80. The summed E-state index contributed by atoms with van der Waals surface area (Å²) in [5, 5.41) is 12.9. The molecular formula is C12H25NO2. The van der Waals surface area contributed by atoms with Crippen LogP contribution in [0.5, 0.6) is 0 Å². The van der Waals surface area contributed by atoms with Gasteiger partial charge in [0.2, 0.25) is 0 Å². The zero-order valence-electron chi connectivity index (χ0n) is 10.0. The molecule has 3 heteroatoms. The Bertz CT molecular complexity index is 156. The molecule has 90 valence electrons. The van der Waals surface area contributed by atoms with Crippen LogP contribution >= 0.6 is 0 Å². The second-order valence-electron chi connectivity index (χ2n) is 4.51. The lowest BCUT2D eigenvalue weighted by Gasteiger charge is -2.28. The smallest absolute Gasteiger partial charge is 0.0572 e. The van der Waals surface area contributed by atoms with Crippen molar-refractivity contribution in [3.8, 4) is 0 Å². The number of rotatable bonds is 6. The maximum atomic E-state index is 9.41. The van der Waals surface area contributed by atoms with Crippen molar-refractivity contribution in [3.63, 3.8) is 0 Å². The van der Waals surface area contributed by atoms with Crippen molar-refractivity contribution < 1.29 is 9.84 Å². The molecule has 0 aliphatic heterocycles. The van der Waals surface area contributed by atoms with Gasteiger partial charge in [-0.1, -0.05) is 6.92 Å². The van der Waals surface area contributed by atoms with Gasteiger partial charge in [-0.2, -0.15) is 0 Å². The van der Waals surface area contributed by atoms with Crippen LogP contribution in [0, 0.1) is 0 Å². The molecule has 0 amide bonds. The molecule has 1 rings (SSSR count). The van der Waals surface area contributed by atoms with Crippen LogP contribution in [0.15, 0.2) is 0 Å². The molecule has 0 spiro atoms. The van der Waals surface area contributed by atoms with E-state index in [1.807, 2.05) is 6.92 Å². The molecule has 15 heavy (non-hydrogen) atoms. The Morgan fingerprint density at radius 3 is 2.53 bits per heavy atom. The van der Waals surface area contributed by atoms with E-state index < -0.39 is 0 Å². The zero-order valence-corrected chi connectivity index (χ0v) is 10.0. The van der Waals surface area contributed by atoms with Crippen LogP contribution in [-0.4, -0.2) is 37.0 Å². The number of nitrogens with one attached hydrogen (secondary N) is 1. The fourth-order valence-electron chi connectivity index (χ4n) is 2.16. The largest absolute Gasteiger partial charge is 0.393 e. The standard InChI is InChI=1S/C12H25NO2/c1-3-11(14)8-9-13-10-4-6-12(15-2)7-5-10/h10-14H,3-9H2,1-2H3. The third kappa shape index (κ3) is 4.96. The molecule has 1 unspecified atom stereocenters. The average molecular weight is 215 g/mol. The van der Waals surface area contributed by atoms with E-state index in [0.717, 1.165) is 19.4 Å². The van der Waals surface area contributed by atoms with Crippen LogP contribution in [0.1, 0.15) is 45.4 Å². The molecule has 3 nitrogen and oxygen atoms in total. The van der Waals surface area contributed by atoms with Crippen LogP contribution in [0.4, 0.5) is 0 Å². The quantitative estimate of drug-likeness (QED) is 0.708. The molecule has 0 bridgehead atoms. The molecule has 0 aromatic carbocycles. The first kappa shape index (κ1) is 12.9. The van der Waals surface area contributed by atoms with Crippen LogP contribution in [0.25, 0.3) is 0 Å². The molecule has 1 fully saturated rings. The van der Waals surface area contributed by atoms with Crippen LogP contribution in [-0.2, 0) is 4.74 Å². The fourth-order valence-corrected chi connectivity index (χ4v) is 2.16. The summed E-state index contributed by atoms with van der Waals surface area (Å²) in [6.45, 7) is 2.96. The van der Waals surface area contributed by atoms with Crippen molar-refractivity contribution in [2.24, 2.45) is 0 Å². The van der Waals surface area contributed by atoms with Crippen LogP contribution < -0.4 is 5.32 Å². The van der Waals surface area contributed by atoms with Crippen LogP contribution in [0.3, 0.4) is 0 Å². The molecule has 0 radical (unpaired) electrons. The molecular weight excluding hydrogens is 190 g/mol. The Kier molecular flexibility index (Phi) is 6.22. The number of aliphatic hydroxyl groups is 1. The minimum absolute atomic E-state index is 0.132. The fraction of sp³-hybridized carbons (Fsp3) is 1.00. The molecule has 0 heterocycles. The van der Waals surface area contributed by atoms with Crippen molar-refractivity contribution in [2.45, 2.75) is 63.7 Å². The highest BCUT2D eigenvalue weighted by molar-refractivity contribution is 4.77. The van der Waals surface area contributed by atoms with Gasteiger partial charge in [-0.25, -0.2) is 0 Å². The lowest BCUT2D eigenvalue weighted by Crippen LogP contribution is -2.36. The Hall–Kier alpha value is -0.120. The van der Waals surface area contributed by atoms with E-state index in [2.05, 4.69) is 5.32 Å². The van der Waals surface area contributed by atoms with Gasteiger partial charge in [0, 0.05) is 13.2 Å². The predicted octanol–water partition coefficient (Wildman–Crippen LogP) is 1.69. The highest BCUT2D eigenvalue weighted by Gasteiger charge is 2.20. The topological polar surface area (TPSA) is 41.5 Å². The predicted molar refractivity (Wildman–Crippen MR) is 62.0 cm³/mol. The highest BCUT2D eigenvalue weighted by atomic mass is 16.5. The summed E-state index contributed by atoms with van der Waals surface area (Å²) in [4.78, 5) is 0. The molecule has 1 aliphatic carbocycles. The average Bonchev–Trinajstić information content (AvgIpc) is 2.29. The summed E-state index contributed by atoms with van der Waals surface area (Å²) in [5.41, 5.74) is 0. The van der Waals surface area contributed by atoms with Gasteiger partial charge in [0.05, 0.1) is 12.2 Å². The molecule has 1 atom stereocenters. The van der Waals surface area contributed by atoms with Gasteiger partial charge in [-0.3, -0.25) is 0 Å². The monoisotopic (exact) mass is 215 g/mol. The number of hydrogen-bond donors (Lipinski definition) is 2. The first-order chi connectivity index (χ1) is 7.26. The van der Waals surface area contributed by atoms with E-state index in [-0.39, 0.29) is 6.10 Å². The number of aliphatic hydroxyl groups excluding tert-OH is 1. The van der Waals surface area contributed by atoms with Gasteiger partial charge in [0.25, 0.3) is 0 Å². The number of ether oxygens (including phenoxy) is 1. The first-order valence-corrected chi connectivity index (χ1v) is 6.20. The first-order valence-electron chi connectivity index (χ1n) is 6.20. The molecule has 1 saturated carbocycles. The summed E-state index contributed by atoms with van der Waals surface area (Å²) in [6.07, 6.45) is 6.84. The van der Waals surface area contributed by atoms with Gasteiger partial charge >= 0.3 is 0 Å². The maximum Gasteiger partial charge on any atom is 0.0572 e. The third-order valence-corrected chi connectivity index (χ3v) is 3.39. The van der Waals surface area contributed by atoms with Crippen molar-refractivity contribution in [2.75, 3.05) is 13.7 Å². The van der Waals surface area contributed by atoms with Gasteiger partial charge in [-0.05, 0) is 45.1 Å². The molecule has 1 aliphatic rings. The normalized spacial score (nSPS) is 29.0. The van der Waals surface area contributed by atoms with Gasteiger partial charge in [-0.15, -0.1) is 0 Å². The molecule has 0 aromatic heterocycles. The SMILES string of the molecule is CCC(O)CCNC1CCC(OC)CC1. The van der Waals surface area contributed by atoms with E-state index in [4.69, 9.17) is 4.74 Å². The second-order valence-corrected chi connectivity index (χ2v) is 4.51. The lowest BCUT2D eigenvalue weighted by molar-refractivity contribution is 0.0618.